The van der Waals surface area contributed by atoms with E-state index in [9.17, 15) is 0 Å². The summed E-state index contributed by atoms with van der Waals surface area (Å²) in [5, 5.41) is 8.98. The maximum absolute atomic E-state index is 8.98. The van der Waals surface area contributed by atoms with E-state index in [0.717, 1.165) is 5.57 Å². The Morgan fingerprint density at radius 2 is 2.22 bits per heavy atom. The van der Waals surface area contributed by atoms with Crippen molar-refractivity contribution in [1.82, 2.24) is 0 Å². The molecule has 0 aliphatic rings. The Labute approximate surface area is 55.2 Å². The van der Waals surface area contributed by atoms with Gasteiger partial charge in [-0.25, -0.2) is 0 Å². The van der Waals surface area contributed by atoms with Crippen LogP contribution in [0.2, 0.25) is 0 Å². The van der Waals surface area contributed by atoms with Crippen molar-refractivity contribution < 1.29 is 5.11 Å². The van der Waals surface area contributed by atoms with Gasteiger partial charge in [0.05, 0.1) is 6.20 Å². The van der Waals surface area contributed by atoms with Crippen LogP contribution in [0.5, 0.6) is 0 Å². The largest absolute Gasteiger partial charge is 0.506 e. The molecule has 2 nitrogen and oxygen atoms in total. The molecule has 0 aromatic carbocycles. The van der Waals surface area contributed by atoms with E-state index in [1.807, 2.05) is 6.92 Å². The van der Waals surface area contributed by atoms with Crippen LogP contribution in [0.4, 0.5) is 0 Å². The van der Waals surface area contributed by atoms with Gasteiger partial charge in [-0.1, -0.05) is 6.08 Å². The minimum Gasteiger partial charge on any atom is -0.506 e. The molecule has 0 radical (unpaired) electrons. The number of rotatable bonds is 2. The summed E-state index contributed by atoms with van der Waals surface area (Å²) >= 11 is 0. The molecule has 0 aliphatic carbocycles. The molecule has 50 valence electrons. The number of aliphatic hydroxyl groups excluding tert-OH is 1. The standard InChI is InChI=1S/C7H11NO/c1-4-6(2)7(9)5-8-3/h4-5,9H,3H2,1-2H3/b6-4-,7-5+. The predicted octanol–water partition coefficient (Wildman–Crippen LogP) is 2.05. The molecule has 0 aliphatic heterocycles. The Bertz CT molecular complexity index is 156. The molecule has 0 aromatic rings. The Morgan fingerprint density at radius 1 is 1.67 bits per heavy atom. The summed E-state index contributed by atoms with van der Waals surface area (Å²) in [6, 6.07) is 0. The van der Waals surface area contributed by atoms with Crippen molar-refractivity contribution in [2.45, 2.75) is 13.8 Å². The molecule has 0 fully saturated rings. The first kappa shape index (κ1) is 7.95. The van der Waals surface area contributed by atoms with Gasteiger partial charge >= 0.3 is 0 Å². The summed E-state index contributed by atoms with van der Waals surface area (Å²) in [6.07, 6.45) is 3.12. The smallest absolute Gasteiger partial charge is 0.136 e. The quantitative estimate of drug-likeness (QED) is 0.342. The third-order valence-electron chi connectivity index (χ3n) is 1.05. The molecular formula is C7H11NO. The van der Waals surface area contributed by atoms with Crippen molar-refractivity contribution in [2.24, 2.45) is 4.99 Å². The molecule has 0 saturated carbocycles. The molecule has 1 N–H and O–H groups in total. The second kappa shape index (κ2) is 3.89. The molecular weight excluding hydrogens is 114 g/mol. The van der Waals surface area contributed by atoms with Crippen LogP contribution < -0.4 is 0 Å². The van der Waals surface area contributed by atoms with Gasteiger partial charge in [0.1, 0.15) is 5.76 Å². The highest BCUT2D eigenvalue weighted by atomic mass is 16.3. The molecule has 0 heterocycles. The summed E-state index contributed by atoms with van der Waals surface area (Å²) in [4.78, 5) is 3.40. The predicted molar refractivity (Wildman–Crippen MR) is 39.7 cm³/mol. The van der Waals surface area contributed by atoms with Gasteiger partial charge in [0, 0.05) is 0 Å². The molecule has 2 heteroatoms. The Kier molecular flexibility index (Phi) is 3.44. The fraction of sp³-hybridized carbons (Fsp3) is 0.286. The van der Waals surface area contributed by atoms with Gasteiger partial charge in [0.2, 0.25) is 0 Å². The minimum atomic E-state index is 0.174. The molecule has 0 amide bonds. The number of hydrogen-bond donors (Lipinski definition) is 1. The molecule has 0 bridgehead atoms. The van der Waals surface area contributed by atoms with Crippen molar-refractivity contribution in [2.75, 3.05) is 0 Å². The molecule has 0 aromatic heterocycles. The van der Waals surface area contributed by atoms with Crippen LogP contribution in [-0.4, -0.2) is 11.8 Å². The highest BCUT2D eigenvalue weighted by Crippen LogP contribution is 2.03. The Balaban J connectivity index is 4.19. The summed E-state index contributed by atoms with van der Waals surface area (Å²) in [5.41, 5.74) is 0.808. The van der Waals surface area contributed by atoms with Gasteiger partial charge in [-0.3, -0.25) is 4.99 Å². The van der Waals surface area contributed by atoms with E-state index < -0.39 is 0 Å². The number of aliphatic imine (C=N–C) groups is 1. The fourth-order valence-corrected chi connectivity index (χ4v) is 0.336. The van der Waals surface area contributed by atoms with Crippen molar-refractivity contribution >= 4 is 6.72 Å². The summed E-state index contributed by atoms with van der Waals surface area (Å²) < 4.78 is 0. The molecule has 0 spiro atoms. The number of nitrogens with zero attached hydrogens (tertiary/aromatic N) is 1. The van der Waals surface area contributed by atoms with Crippen molar-refractivity contribution in [3.05, 3.63) is 23.6 Å². The van der Waals surface area contributed by atoms with Crippen LogP contribution in [-0.2, 0) is 0 Å². The lowest BCUT2D eigenvalue weighted by molar-refractivity contribution is 0.421. The second-order valence-corrected chi connectivity index (χ2v) is 1.67. The van der Waals surface area contributed by atoms with Crippen molar-refractivity contribution in [3.8, 4) is 0 Å². The van der Waals surface area contributed by atoms with Gasteiger partial charge in [0.25, 0.3) is 0 Å². The van der Waals surface area contributed by atoms with Crippen LogP contribution in [0.15, 0.2) is 28.6 Å². The average Bonchev–Trinajstić information content (AvgIpc) is 1.87. The van der Waals surface area contributed by atoms with E-state index in [1.54, 1.807) is 13.0 Å². The van der Waals surface area contributed by atoms with E-state index in [1.165, 1.54) is 6.20 Å². The van der Waals surface area contributed by atoms with E-state index in [-0.39, 0.29) is 5.76 Å². The monoisotopic (exact) mass is 125 g/mol. The van der Waals surface area contributed by atoms with Crippen molar-refractivity contribution in [1.29, 1.82) is 0 Å². The zero-order valence-electron chi connectivity index (χ0n) is 5.76. The highest BCUT2D eigenvalue weighted by molar-refractivity contribution is 5.29. The lowest BCUT2D eigenvalue weighted by Crippen LogP contribution is -1.80. The minimum absolute atomic E-state index is 0.174. The van der Waals surface area contributed by atoms with Crippen LogP contribution in [0.3, 0.4) is 0 Å². The average molecular weight is 125 g/mol. The zero-order valence-corrected chi connectivity index (χ0v) is 5.76. The van der Waals surface area contributed by atoms with Gasteiger partial charge in [-0.15, -0.1) is 0 Å². The van der Waals surface area contributed by atoms with E-state index >= 15 is 0 Å². The molecule has 0 unspecified atom stereocenters. The molecule has 0 atom stereocenters. The first-order chi connectivity index (χ1) is 4.22. The second-order valence-electron chi connectivity index (χ2n) is 1.67. The topological polar surface area (TPSA) is 32.6 Å². The van der Waals surface area contributed by atoms with Gasteiger partial charge in [-0.2, -0.15) is 0 Å². The Morgan fingerprint density at radius 3 is 2.56 bits per heavy atom. The van der Waals surface area contributed by atoms with Gasteiger partial charge in [-0.05, 0) is 26.1 Å². The van der Waals surface area contributed by atoms with Gasteiger partial charge < -0.3 is 5.11 Å². The van der Waals surface area contributed by atoms with Crippen molar-refractivity contribution in [3.63, 3.8) is 0 Å². The first-order valence-corrected chi connectivity index (χ1v) is 2.70. The lowest BCUT2D eigenvalue weighted by Gasteiger charge is -1.93. The lowest BCUT2D eigenvalue weighted by atomic mass is 10.2. The van der Waals surface area contributed by atoms with E-state index in [4.69, 9.17) is 5.11 Å². The highest BCUT2D eigenvalue weighted by Gasteiger charge is 1.90. The molecule has 0 rings (SSSR count). The van der Waals surface area contributed by atoms with Crippen LogP contribution in [0.1, 0.15) is 13.8 Å². The summed E-state index contributed by atoms with van der Waals surface area (Å²) in [7, 11) is 0. The number of aliphatic hydroxyl groups is 1. The normalized spacial score (nSPS) is 13.6. The maximum atomic E-state index is 8.98. The van der Waals surface area contributed by atoms with Gasteiger partial charge in [0.15, 0.2) is 0 Å². The Hall–Kier alpha value is -1.05. The fourth-order valence-electron chi connectivity index (χ4n) is 0.336. The van der Waals surface area contributed by atoms with Crippen LogP contribution in [0.25, 0.3) is 0 Å². The third-order valence-corrected chi connectivity index (χ3v) is 1.05. The van der Waals surface area contributed by atoms with E-state index in [2.05, 4.69) is 11.7 Å². The number of hydrogen-bond acceptors (Lipinski definition) is 2. The van der Waals surface area contributed by atoms with E-state index in [0.29, 0.717) is 0 Å². The zero-order chi connectivity index (χ0) is 7.28. The SMILES string of the molecule is C=N/C=C(O)\C(C)=C/C. The summed E-state index contributed by atoms with van der Waals surface area (Å²) in [5.74, 6) is 0.174. The molecule has 0 saturated heterocycles. The summed E-state index contributed by atoms with van der Waals surface area (Å²) in [6.45, 7) is 6.86. The van der Waals surface area contributed by atoms with Crippen LogP contribution >= 0.6 is 0 Å². The third kappa shape index (κ3) is 2.69. The first-order valence-electron chi connectivity index (χ1n) is 2.70. The van der Waals surface area contributed by atoms with Crippen LogP contribution in [0, 0.1) is 0 Å². The maximum Gasteiger partial charge on any atom is 0.136 e. The number of allylic oxidation sites excluding steroid dienone is 2. The molecule has 9 heavy (non-hydrogen) atoms.